The van der Waals surface area contributed by atoms with E-state index in [1.165, 1.54) is 22.7 Å². The number of benzene rings is 2. The molecule has 2 aromatic carbocycles. The minimum Gasteiger partial charge on any atom is -0.308 e. The maximum atomic E-state index is 12.3. The quantitative estimate of drug-likeness (QED) is 0.324. The van der Waals surface area contributed by atoms with Crippen molar-refractivity contribution in [3.05, 3.63) is 64.1 Å². The van der Waals surface area contributed by atoms with Crippen LogP contribution in [0.25, 0.3) is 10.2 Å². The van der Waals surface area contributed by atoms with E-state index in [1.807, 2.05) is 24.4 Å². The molecule has 2 heterocycles. The van der Waals surface area contributed by atoms with Crippen LogP contribution in [0.3, 0.4) is 0 Å². The van der Waals surface area contributed by atoms with Crippen molar-refractivity contribution in [3.8, 4) is 0 Å². The Morgan fingerprint density at radius 1 is 1.03 bits per heavy atom. The molecule has 7 nitrogen and oxygen atoms in total. The number of thiazole rings is 2. The Bertz CT molecular complexity index is 1250. The Kier molecular flexibility index (Phi) is 6.45. The molecular formula is C21H18ClN5O2S2. The molecule has 0 aliphatic rings. The molecule has 0 aliphatic heterocycles. The van der Waals surface area contributed by atoms with Gasteiger partial charge in [0.25, 0.3) is 0 Å². The molecule has 3 N–H and O–H groups in total. The first-order valence-electron chi connectivity index (χ1n) is 9.39. The van der Waals surface area contributed by atoms with Crippen LogP contribution in [0.4, 0.5) is 20.7 Å². The van der Waals surface area contributed by atoms with Crippen molar-refractivity contribution in [2.75, 3.05) is 16.0 Å². The first-order chi connectivity index (χ1) is 14.9. The molecule has 0 radical (unpaired) electrons. The molecule has 0 atom stereocenters. The highest BCUT2D eigenvalue weighted by molar-refractivity contribution is 7.22. The standard InChI is InChI=1S/C21H18ClN5O2S2/c1-12-5-7-16-17(9-12)31-21(25-16)26-18(28)8-6-15-11-30-20(24-15)27-19(29)23-14-4-2-3-13(22)10-14/h2-5,7,9-11H,6,8H2,1H3,(H,25,26,28)(H2,23,24,27,29). The van der Waals surface area contributed by atoms with E-state index in [0.717, 1.165) is 21.5 Å². The number of hydrogen-bond acceptors (Lipinski definition) is 6. The number of hydrogen-bond donors (Lipinski definition) is 3. The zero-order valence-corrected chi connectivity index (χ0v) is 18.8. The average Bonchev–Trinajstić information content (AvgIpc) is 3.32. The maximum absolute atomic E-state index is 12.3. The molecule has 0 unspecified atom stereocenters. The molecule has 0 saturated heterocycles. The second-order valence-corrected chi connectivity index (χ2v) is 9.10. The summed E-state index contributed by atoms with van der Waals surface area (Å²) in [6.07, 6.45) is 0.733. The predicted molar refractivity (Wildman–Crippen MR) is 128 cm³/mol. The lowest BCUT2D eigenvalue weighted by molar-refractivity contribution is -0.116. The Hall–Kier alpha value is -3.01. The van der Waals surface area contributed by atoms with Gasteiger partial charge < -0.3 is 10.6 Å². The van der Waals surface area contributed by atoms with Gasteiger partial charge in [0.05, 0.1) is 15.9 Å². The lowest BCUT2D eigenvalue weighted by atomic mass is 10.2. The fraction of sp³-hybridized carbons (Fsp3) is 0.143. The minimum atomic E-state index is -0.410. The summed E-state index contributed by atoms with van der Waals surface area (Å²) in [5.74, 6) is -0.128. The van der Waals surface area contributed by atoms with Crippen LogP contribution in [0.5, 0.6) is 0 Å². The molecule has 31 heavy (non-hydrogen) atoms. The molecule has 10 heteroatoms. The highest BCUT2D eigenvalue weighted by atomic mass is 35.5. The number of carbonyl (C=O) groups is 2. The van der Waals surface area contributed by atoms with Crippen LogP contribution in [0.2, 0.25) is 5.02 Å². The van der Waals surface area contributed by atoms with Gasteiger partial charge in [-0.05, 0) is 49.2 Å². The number of carbonyl (C=O) groups excluding carboxylic acids is 2. The largest absolute Gasteiger partial charge is 0.325 e. The normalized spacial score (nSPS) is 10.8. The van der Waals surface area contributed by atoms with Crippen molar-refractivity contribution in [1.82, 2.24) is 9.97 Å². The SMILES string of the molecule is Cc1ccc2nc(NC(=O)CCc3csc(NC(=O)Nc4cccc(Cl)c4)n3)sc2c1. The highest BCUT2D eigenvalue weighted by Crippen LogP contribution is 2.27. The topological polar surface area (TPSA) is 96.0 Å². The summed E-state index contributed by atoms with van der Waals surface area (Å²) < 4.78 is 1.04. The van der Waals surface area contributed by atoms with Gasteiger partial charge in [0, 0.05) is 22.5 Å². The Morgan fingerprint density at radius 3 is 2.74 bits per heavy atom. The number of anilines is 3. The molecule has 158 valence electrons. The van der Waals surface area contributed by atoms with E-state index in [-0.39, 0.29) is 12.3 Å². The molecular weight excluding hydrogens is 454 g/mol. The molecule has 4 aromatic rings. The second kappa shape index (κ2) is 9.42. The van der Waals surface area contributed by atoms with E-state index in [1.54, 1.807) is 24.3 Å². The third kappa shape index (κ3) is 5.78. The van der Waals surface area contributed by atoms with E-state index in [0.29, 0.717) is 27.4 Å². The summed E-state index contributed by atoms with van der Waals surface area (Å²) in [5.41, 5.74) is 3.35. The minimum absolute atomic E-state index is 0.128. The number of nitrogens with one attached hydrogen (secondary N) is 3. The zero-order chi connectivity index (χ0) is 21.8. The van der Waals surface area contributed by atoms with E-state index in [4.69, 9.17) is 11.6 Å². The van der Waals surface area contributed by atoms with Gasteiger partial charge in [0.15, 0.2) is 10.3 Å². The average molecular weight is 472 g/mol. The number of amides is 3. The molecule has 4 rings (SSSR count). The van der Waals surface area contributed by atoms with Crippen LogP contribution in [-0.4, -0.2) is 21.9 Å². The summed E-state index contributed by atoms with van der Waals surface area (Å²) in [6, 6.07) is 12.5. The van der Waals surface area contributed by atoms with Crippen molar-refractivity contribution in [2.24, 2.45) is 0 Å². The highest BCUT2D eigenvalue weighted by Gasteiger charge is 2.11. The molecule has 0 bridgehead atoms. The third-order valence-electron chi connectivity index (χ3n) is 4.25. The van der Waals surface area contributed by atoms with E-state index in [2.05, 4.69) is 32.0 Å². The lowest BCUT2D eigenvalue weighted by Gasteiger charge is -2.05. The Morgan fingerprint density at radius 2 is 1.90 bits per heavy atom. The van der Waals surface area contributed by atoms with Crippen molar-refractivity contribution in [1.29, 1.82) is 0 Å². The summed E-state index contributed by atoms with van der Waals surface area (Å²) >= 11 is 8.67. The summed E-state index contributed by atoms with van der Waals surface area (Å²) in [5, 5.41) is 11.6. The summed E-state index contributed by atoms with van der Waals surface area (Å²) in [4.78, 5) is 33.2. The van der Waals surface area contributed by atoms with Gasteiger partial charge in [-0.3, -0.25) is 10.1 Å². The molecule has 0 aliphatic carbocycles. The zero-order valence-electron chi connectivity index (χ0n) is 16.4. The van der Waals surface area contributed by atoms with Crippen molar-refractivity contribution >= 4 is 72.4 Å². The summed E-state index contributed by atoms with van der Waals surface area (Å²) in [6.45, 7) is 2.02. The van der Waals surface area contributed by atoms with Crippen LogP contribution in [0, 0.1) is 6.92 Å². The number of rotatable bonds is 6. The van der Waals surface area contributed by atoms with Crippen molar-refractivity contribution in [3.63, 3.8) is 0 Å². The van der Waals surface area contributed by atoms with Gasteiger partial charge >= 0.3 is 6.03 Å². The smallest absolute Gasteiger partial charge is 0.308 e. The maximum Gasteiger partial charge on any atom is 0.325 e. The van der Waals surface area contributed by atoms with Crippen LogP contribution in [0.15, 0.2) is 47.8 Å². The molecule has 0 saturated carbocycles. The molecule has 3 amide bonds. The van der Waals surface area contributed by atoms with E-state index < -0.39 is 6.03 Å². The van der Waals surface area contributed by atoms with Crippen LogP contribution < -0.4 is 16.0 Å². The fourth-order valence-corrected chi connectivity index (χ4v) is 4.72. The van der Waals surface area contributed by atoms with E-state index >= 15 is 0 Å². The van der Waals surface area contributed by atoms with Crippen molar-refractivity contribution in [2.45, 2.75) is 19.8 Å². The first kappa shape index (κ1) is 21.2. The van der Waals surface area contributed by atoms with Crippen LogP contribution in [-0.2, 0) is 11.2 Å². The first-order valence-corrected chi connectivity index (χ1v) is 11.5. The van der Waals surface area contributed by atoms with Crippen LogP contribution >= 0.6 is 34.3 Å². The number of nitrogens with zero attached hydrogens (tertiary/aromatic N) is 2. The van der Waals surface area contributed by atoms with Gasteiger partial charge in [0.1, 0.15) is 0 Å². The third-order valence-corrected chi connectivity index (χ3v) is 6.23. The number of aryl methyl sites for hydroxylation is 2. The molecule has 2 aromatic heterocycles. The van der Waals surface area contributed by atoms with Crippen LogP contribution in [0.1, 0.15) is 17.7 Å². The second-order valence-electron chi connectivity index (χ2n) is 6.77. The monoisotopic (exact) mass is 471 g/mol. The number of fused-ring (bicyclic) bond motifs is 1. The number of aromatic nitrogens is 2. The van der Waals surface area contributed by atoms with Gasteiger partial charge in [-0.2, -0.15) is 0 Å². The summed E-state index contributed by atoms with van der Waals surface area (Å²) in [7, 11) is 0. The fourth-order valence-electron chi connectivity index (χ4n) is 2.81. The number of halogens is 1. The van der Waals surface area contributed by atoms with Gasteiger partial charge in [0.2, 0.25) is 5.91 Å². The molecule has 0 fully saturated rings. The van der Waals surface area contributed by atoms with Gasteiger partial charge in [-0.15, -0.1) is 11.3 Å². The Labute approximate surface area is 191 Å². The van der Waals surface area contributed by atoms with E-state index in [9.17, 15) is 9.59 Å². The van der Waals surface area contributed by atoms with Gasteiger partial charge in [-0.25, -0.2) is 14.8 Å². The molecule has 0 spiro atoms. The predicted octanol–water partition coefficient (Wildman–Crippen LogP) is 5.93. The lowest BCUT2D eigenvalue weighted by Crippen LogP contribution is -2.19. The van der Waals surface area contributed by atoms with Crippen molar-refractivity contribution < 1.29 is 9.59 Å². The Balaban J connectivity index is 1.27. The number of urea groups is 1. The van der Waals surface area contributed by atoms with Gasteiger partial charge in [-0.1, -0.05) is 35.1 Å².